The number of pyridine rings is 1. The minimum absolute atomic E-state index is 0.303. The fourth-order valence-electron chi connectivity index (χ4n) is 2.63. The number of thioether (sulfide) groups is 1. The Balaban J connectivity index is 1.40. The van der Waals surface area contributed by atoms with Gasteiger partial charge in [-0.15, -0.1) is 22.0 Å². The highest BCUT2D eigenvalue weighted by Crippen LogP contribution is 2.27. The van der Waals surface area contributed by atoms with Crippen LogP contribution in [-0.2, 0) is 5.75 Å². The number of anilines is 1. The number of benzene rings is 2. The predicted molar refractivity (Wildman–Crippen MR) is 108 cm³/mol. The molecule has 0 spiro atoms. The van der Waals surface area contributed by atoms with E-state index in [1.807, 2.05) is 24.3 Å². The van der Waals surface area contributed by atoms with Crippen molar-refractivity contribution in [1.82, 2.24) is 25.6 Å². The average Bonchev–Trinajstić information content (AvgIpc) is 3.29. The zero-order valence-electron chi connectivity index (χ0n) is 15.0. The summed E-state index contributed by atoms with van der Waals surface area (Å²) < 4.78 is 13.0. The summed E-state index contributed by atoms with van der Waals surface area (Å²) in [7, 11) is 0. The molecule has 2 aromatic heterocycles. The maximum atomic E-state index is 13.0. The number of hydrogen-bond acceptors (Lipinski definition) is 6. The standard InChI is InChI=1S/C20H15FN6OS/c21-15-6-8-16(9-7-15)23-20(28)13-5-10-18(22-11-13)29-12-14-3-1-2-4-17(14)19-24-26-27-25-19/h1-11H,12H2,(H,23,28)(H,24,25,26,27). The second-order valence-electron chi connectivity index (χ2n) is 6.03. The van der Waals surface area contributed by atoms with Gasteiger partial charge in [0.25, 0.3) is 5.91 Å². The fraction of sp³-hybridized carbons (Fsp3) is 0.0500. The molecule has 144 valence electrons. The van der Waals surface area contributed by atoms with Gasteiger partial charge >= 0.3 is 0 Å². The third-order valence-electron chi connectivity index (χ3n) is 4.08. The molecular formula is C20H15FN6OS. The van der Waals surface area contributed by atoms with Crippen LogP contribution in [0.15, 0.2) is 71.9 Å². The number of carbonyl (C=O) groups excluding carboxylic acids is 1. The van der Waals surface area contributed by atoms with Crippen molar-refractivity contribution in [2.45, 2.75) is 10.8 Å². The molecule has 2 aromatic carbocycles. The molecule has 0 saturated carbocycles. The summed E-state index contributed by atoms with van der Waals surface area (Å²) in [6, 6.07) is 16.9. The molecule has 29 heavy (non-hydrogen) atoms. The highest BCUT2D eigenvalue weighted by molar-refractivity contribution is 7.98. The van der Waals surface area contributed by atoms with E-state index in [2.05, 4.69) is 30.9 Å². The number of tetrazole rings is 1. The van der Waals surface area contributed by atoms with Gasteiger partial charge in [-0.05, 0) is 47.2 Å². The molecule has 0 radical (unpaired) electrons. The largest absolute Gasteiger partial charge is 0.322 e. The first kappa shape index (κ1) is 18.8. The van der Waals surface area contributed by atoms with E-state index in [9.17, 15) is 9.18 Å². The molecule has 0 atom stereocenters. The summed E-state index contributed by atoms with van der Waals surface area (Å²) in [5.74, 6) is 0.552. The van der Waals surface area contributed by atoms with Crippen LogP contribution in [0.1, 0.15) is 15.9 Å². The van der Waals surface area contributed by atoms with Gasteiger partial charge in [0.15, 0.2) is 0 Å². The number of H-pyrrole nitrogens is 1. The molecule has 4 aromatic rings. The lowest BCUT2D eigenvalue weighted by atomic mass is 10.1. The minimum Gasteiger partial charge on any atom is -0.322 e. The Kier molecular flexibility index (Phi) is 5.57. The molecular weight excluding hydrogens is 391 g/mol. The average molecular weight is 406 g/mol. The predicted octanol–water partition coefficient (Wildman–Crippen LogP) is 3.95. The number of nitrogens with one attached hydrogen (secondary N) is 2. The van der Waals surface area contributed by atoms with E-state index in [4.69, 9.17) is 0 Å². The number of rotatable bonds is 6. The first-order valence-electron chi connectivity index (χ1n) is 8.66. The van der Waals surface area contributed by atoms with E-state index in [0.29, 0.717) is 22.8 Å². The summed E-state index contributed by atoms with van der Waals surface area (Å²) in [4.78, 5) is 16.6. The van der Waals surface area contributed by atoms with E-state index in [1.165, 1.54) is 30.5 Å². The molecule has 1 amide bonds. The molecule has 0 aliphatic heterocycles. The Morgan fingerprint density at radius 2 is 1.90 bits per heavy atom. The Morgan fingerprint density at radius 1 is 1.07 bits per heavy atom. The van der Waals surface area contributed by atoms with E-state index in [-0.39, 0.29) is 11.7 Å². The number of amides is 1. The molecule has 2 N–H and O–H groups in total. The molecule has 0 fully saturated rings. The van der Waals surface area contributed by atoms with Crippen LogP contribution in [0.5, 0.6) is 0 Å². The lowest BCUT2D eigenvalue weighted by Crippen LogP contribution is -2.12. The van der Waals surface area contributed by atoms with Gasteiger partial charge in [0.2, 0.25) is 5.82 Å². The van der Waals surface area contributed by atoms with Crippen molar-refractivity contribution in [2.75, 3.05) is 5.32 Å². The van der Waals surface area contributed by atoms with Crippen molar-refractivity contribution in [3.63, 3.8) is 0 Å². The summed E-state index contributed by atoms with van der Waals surface area (Å²) in [6.07, 6.45) is 1.52. The van der Waals surface area contributed by atoms with Gasteiger partial charge in [-0.2, -0.15) is 5.21 Å². The zero-order chi connectivity index (χ0) is 20.1. The molecule has 0 unspecified atom stereocenters. The Morgan fingerprint density at radius 3 is 2.62 bits per heavy atom. The third-order valence-corrected chi connectivity index (χ3v) is 5.07. The van der Waals surface area contributed by atoms with Gasteiger partial charge < -0.3 is 5.32 Å². The summed E-state index contributed by atoms with van der Waals surface area (Å²) in [6.45, 7) is 0. The van der Waals surface area contributed by atoms with Gasteiger partial charge in [-0.1, -0.05) is 24.3 Å². The maximum absolute atomic E-state index is 13.0. The smallest absolute Gasteiger partial charge is 0.257 e. The van der Waals surface area contributed by atoms with E-state index < -0.39 is 0 Å². The van der Waals surface area contributed by atoms with Crippen molar-refractivity contribution in [1.29, 1.82) is 0 Å². The molecule has 0 saturated heterocycles. The van der Waals surface area contributed by atoms with E-state index >= 15 is 0 Å². The van der Waals surface area contributed by atoms with Crippen molar-refractivity contribution < 1.29 is 9.18 Å². The lowest BCUT2D eigenvalue weighted by molar-refractivity contribution is 0.102. The first-order chi connectivity index (χ1) is 14.2. The van der Waals surface area contributed by atoms with E-state index in [0.717, 1.165) is 16.2 Å². The van der Waals surface area contributed by atoms with Crippen LogP contribution in [-0.4, -0.2) is 31.5 Å². The highest BCUT2D eigenvalue weighted by Gasteiger charge is 2.11. The van der Waals surface area contributed by atoms with Crippen LogP contribution in [0.4, 0.5) is 10.1 Å². The summed E-state index contributed by atoms with van der Waals surface area (Å²) in [5, 5.41) is 17.6. The molecule has 7 nitrogen and oxygen atoms in total. The van der Waals surface area contributed by atoms with Crippen molar-refractivity contribution >= 4 is 23.4 Å². The molecule has 0 aliphatic carbocycles. The normalized spacial score (nSPS) is 10.7. The number of aromatic nitrogens is 5. The number of aromatic amines is 1. The second kappa shape index (κ2) is 8.61. The molecule has 9 heteroatoms. The number of carbonyl (C=O) groups is 1. The lowest BCUT2D eigenvalue weighted by Gasteiger charge is -2.07. The maximum Gasteiger partial charge on any atom is 0.257 e. The fourth-order valence-corrected chi connectivity index (χ4v) is 3.47. The quantitative estimate of drug-likeness (QED) is 0.471. The Bertz CT molecular complexity index is 1100. The molecule has 0 bridgehead atoms. The van der Waals surface area contributed by atoms with Crippen molar-refractivity contribution in [3.8, 4) is 11.4 Å². The molecule has 4 rings (SSSR count). The summed E-state index contributed by atoms with van der Waals surface area (Å²) >= 11 is 1.54. The number of halogens is 1. The van der Waals surface area contributed by atoms with Crippen LogP contribution in [0.2, 0.25) is 0 Å². The second-order valence-corrected chi connectivity index (χ2v) is 7.02. The summed E-state index contributed by atoms with van der Waals surface area (Å²) in [5.41, 5.74) is 2.90. The topological polar surface area (TPSA) is 96.5 Å². The Hall–Kier alpha value is -3.59. The number of hydrogen-bond donors (Lipinski definition) is 2. The van der Waals surface area contributed by atoms with Crippen LogP contribution in [0.3, 0.4) is 0 Å². The monoisotopic (exact) mass is 406 g/mol. The van der Waals surface area contributed by atoms with Crippen LogP contribution < -0.4 is 5.32 Å². The van der Waals surface area contributed by atoms with Crippen LogP contribution >= 0.6 is 11.8 Å². The van der Waals surface area contributed by atoms with Gasteiger partial charge in [-0.25, -0.2) is 9.37 Å². The SMILES string of the molecule is O=C(Nc1ccc(F)cc1)c1ccc(SCc2ccccc2-c2nn[nH]n2)nc1. The van der Waals surface area contributed by atoms with Crippen molar-refractivity contribution in [3.05, 3.63) is 83.8 Å². The van der Waals surface area contributed by atoms with Crippen LogP contribution in [0.25, 0.3) is 11.4 Å². The number of nitrogens with zero attached hydrogens (tertiary/aromatic N) is 4. The molecule has 0 aliphatic rings. The van der Waals surface area contributed by atoms with Gasteiger partial charge in [-0.3, -0.25) is 4.79 Å². The molecule has 2 heterocycles. The van der Waals surface area contributed by atoms with Gasteiger partial charge in [0, 0.05) is 23.2 Å². The van der Waals surface area contributed by atoms with E-state index in [1.54, 1.807) is 23.9 Å². The zero-order valence-corrected chi connectivity index (χ0v) is 15.9. The van der Waals surface area contributed by atoms with Gasteiger partial charge in [0.05, 0.1) is 10.6 Å². The van der Waals surface area contributed by atoms with Crippen molar-refractivity contribution in [2.24, 2.45) is 0 Å². The van der Waals surface area contributed by atoms with Crippen LogP contribution in [0, 0.1) is 5.82 Å². The Labute approximate surface area is 169 Å². The third kappa shape index (κ3) is 4.64. The van der Waals surface area contributed by atoms with Gasteiger partial charge in [0.1, 0.15) is 5.82 Å². The first-order valence-corrected chi connectivity index (χ1v) is 9.65. The minimum atomic E-state index is -0.355. The highest BCUT2D eigenvalue weighted by atomic mass is 32.2.